The summed E-state index contributed by atoms with van der Waals surface area (Å²) in [6.07, 6.45) is 0.250. The second-order valence-electron chi connectivity index (χ2n) is 6.96. The van der Waals surface area contributed by atoms with Crippen LogP contribution < -0.4 is 5.32 Å². The highest BCUT2D eigenvalue weighted by molar-refractivity contribution is 7.25. The van der Waals surface area contributed by atoms with E-state index in [2.05, 4.69) is 17.2 Å². The lowest BCUT2D eigenvalue weighted by Crippen LogP contribution is -2.58. The molecule has 4 rings (SSSR count). The number of guanidine groups is 1. The molecule has 1 aromatic heterocycles. The lowest BCUT2D eigenvalue weighted by molar-refractivity contribution is -0.129. The van der Waals surface area contributed by atoms with Crippen molar-refractivity contribution in [3.8, 4) is 11.8 Å². The number of hydrogen-bond donors (Lipinski definition) is 2. The molecule has 2 aromatic carbocycles. The zero-order chi connectivity index (χ0) is 19.3. The molecule has 0 unspecified atom stereocenters. The Labute approximate surface area is 160 Å². The van der Waals surface area contributed by atoms with Gasteiger partial charge in [0.05, 0.1) is 16.7 Å². The Morgan fingerprint density at radius 3 is 2.78 bits per heavy atom. The largest absolute Gasteiger partial charge is 0.346 e. The minimum Gasteiger partial charge on any atom is -0.346 e. The molecule has 3 aromatic rings. The normalized spacial score (nSPS) is 19.9. The number of hydrogen-bond acceptors (Lipinski definition) is 3. The van der Waals surface area contributed by atoms with Crippen LogP contribution in [0.3, 0.4) is 0 Å². The van der Waals surface area contributed by atoms with Crippen LogP contribution in [0.4, 0.5) is 4.39 Å². The molecule has 0 radical (unpaired) electrons. The van der Waals surface area contributed by atoms with E-state index in [-0.39, 0.29) is 24.1 Å². The van der Waals surface area contributed by atoms with Gasteiger partial charge in [-0.05, 0) is 43.7 Å². The number of rotatable bonds is 1. The maximum absolute atomic E-state index is 14.5. The van der Waals surface area contributed by atoms with Crippen molar-refractivity contribution in [1.29, 1.82) is 5.41 Å². The summed E-state index contributed by atoms with van der Waals surface area (Å²) in [6, 6.07) is 9.28. The van der Waals surface area contributed by atoms with Crippen LogP contribution in [0.5, 0.6) is 0 Å². The first kappa shape index (κ1) is 17.5. The van der Waals surface area contributed by atoms with Gasteiger partial charge in [-0.25, -0.2) is 4.39 Å². The van der Waals surface area contributed by atoms with E-state index >= 15 is 0 Å². The summed E-state index contributed by atoms with van der Waals surface area (Å²) >= 11 is 1.41. The highest BCUT2D eigenvalue weighted by Crippen LogP contribution is 2.39. The monoisotopic (exact) mass is 379 g/mol. The second kappa shape index (κ2) is 6.07. The number of halogens is 1. The first-order valence-corrected chi connectivity index (χ1v) is 9.36. The Bertz CT molecular complexity index is 1170. The molecule has 1 saturated heterocycles. The number of nitrogens with one attached hydrogen (secondary N) is 2. The molecule has 1 amide bonds. The predicted molar refractivity (Wildman–Crippen MR) is 107 cm³/mol. The molecule has 2 N–H and O–H groups in total. The molecule has 0 bridgehead atoms. The Hall–Kier alpha value is -2.91. The third-order valence-electron chi connectivity index (χ3n) is 5.04. The smallest absolute Gasteiger partial charge is 0.231 e. The quantitative estimate of drug-likeness (QED) is 0.624. The van der Waals surface area contributed by atoms with Crippen molar-refractivity contribution in [1.82, 2.24) is 10.2 Å². The number of fused-ring (bicyclic) bond motifs is 3. The molecule has 1 aliphatic rings. The molecule has 0 saturated carbocycles. The van der Waals surface area contributed by atoms with Crippen molar-refractivity contribution < 1.29 is 9.18 Å². The number of thiophene rings is 1. The van der Waals surface area contributed by atoms with E-state index in [4.69, 9.17) is 5.41 Å². The van der Waals surface area contributed by atoms with Crippen molar-refractivity contribution >= 4 is 43.4 Å². The van der Waals surface area contributed by atoms with E-state index in [0.29, 0.717) is 10.3 Å². The van der Waals surface area contributed by atoms with Crippen LogP contribution in [0.1, 0.15) is 31.4 Å². The lowest BCUT2D eigenvalue weighted by Gasteiger charge is -2.39. The van der Waals surface area contributed by atoms with Gasteiger partial charge in [0.25, 0.3) is 0 Å². The first-order valence-electron chi connectivity index (χ1n) is 8.55. The van der Waals surface area contributed by atoms with Gasteiger partial charge in [0, 0.05) is 28.1 Å². The molecule has 1 fully saturated rings. The average molecular weight is 379 g/mol. The van der Waals surface area contributed by atoms with Gasteiger partial charge in [-0.3, -0.25) is 15.1 Å². The minimum absolute atomic E-state index is 0.0792. The molecule has 0 spiro atoms. The van der Waals surface area contributed by atoms with E-state index in [1.54, 1.807) is 14.0 Å². The van der Waals surface area contributed by atoms with Gasteiger partial charge in [-0.2, -0.15) is 0 Å². The molecule has 4 nitrogen and oxygen atoms in total. The molecule has 1 aliphatic heterocycles. The third-order valence-corrected chi connectivity index (χ3v) is 6.24. The van der Waals surface area contributed by atoms with E-state index in [0.717, 1.165) is 21.0 Å². The summed E-state index contributed by atoms with van der Waals surface area (Å²) < 4.78 is 16.1. The Balaban J connectivity index is 1.91. The van der Waals surface area contributed by atoms with Gasteiger partial charge in [0.2, 0.25) is 5.91 Å². The topological polar surface area (TPSA) is 56.2 Å². The van der Waals surface area contributed by atoms with Crippen molar-refractivity contribution in [2.45, 2.75) is 25.8 Å². The Morgan fingerprint density at radius 1 is 1.30 bits per heavy atom. The summed E-state index contributed by atoms with van der Waals surface area (Å²) in [6.45, 7) is 3.64. The Kier molecular flexibility index (Phi) is 3.93. The van der Waals surface area contributed by atoms with Crippen molar-refractivity contribution in [3.63, 3.8) is 0 Å². The maximum Gasteiger partial charge on any atom is 0.231 e. The number of carbonyl (C=O) groups is 1. The summed E-state index contributed by atoms with van der Waals surface area (Å²) in [5.41, 5.74) is 0.865. The molecular weight excluding hydrogens is 361 g/mol. The summed E-state index contributed by atoms with van der Waals surface area (Å²) in [5, 5.41) is 12.9. The van der Waals surface area contributed by atoms with Crippen LogP contribution in [0.15, 0.2) is 30.3 Å². The highest BCUT2D eigenvalue weighted by atomic mass is 32.1. The van der Waals surface area contributed by atoms with Gasteiger partial charge in [-0.1, -0.05) is 12.0 Å². The van der Waals surface area contributed by atoms with E-state index in [9.17, 15) is 9.18 Å². The van der Waals surface area contributed by atoms with Crippen molar-refractivity contribution in [2.24, 2.45) is 0 Å². The van der Waals surface area contributed by atoms with Crippen LogP contribution in [-0.4, -0.2) is 23.8 Å². The number of benzene rings is 2. The van der Waals surface area contributed by atoms with Crippen LogP contribution in [0.25, 0.3) is 20.2 Å². The molecule has 1 atom stereocenters. The van der Waals surface area contributed by atoms with Gasteiger partial charge in [0.1, 0.15) is 5.82 Å². The van der Waals surface area contributed by atoms with Crippen LogP contribution >= 0.6 is 11.3 Å². The predicted octanol–water partition coefficient (Wildman–Crippen LogP) is 4.17. The van der Waals surface area contributed by atoms with Crippen molar-refractivity contribution in [3.05, 3.63) is 47.3 Å². The second-order valence-corrected chi connectivity index (χ2v) is 8.01. The maximum atomic E-state index is 14.5. The fourth-order valence-corrected chi connectivity index (χ4v) is 4.58. The minimum atomic E-state index is -0.678. The standard InChI is InChI=1S/C21H18FN3OS/c1-4-5-12-8-15-14-10-13(6-7-17(14)27-19(15)16(22)9-12)21(2)11-18(26)25(3)20(23)24-21/h6-10H,11H2,1-3H3,(H2,23,24)/t21-/m0/s1. The third kappa shape index (κ3) is 2.75. The van der Waals surface area contributed by atoms with Gasteiger partial charge in [0.15, 0.2) is 5.96 Å². The molecule has 6 heteroatoms. The molecule has 136 valence electrons. The van der Waals surface area contributed by atoms with Crippen LogP contribution in [0.2, 0.25) is 0 Å². The zero-order valence-corrected chi connectivity index (χ0v) is 16.1. The number of amides is 1. The van der Waals surface area contributed by atoms with Gasteiger partial charge < -0.3 is 5.32 Å². The molecule has 0 aliphatic carbocycles. The average Bonchev–Trinajstić information content (AvgIpc) is 2.99. The van der Waals surface area contributed by atoms with Crippen molar-refractivity contribution in [2.75, 3.05) is 7.05 Å². The zero-order valence-electron chi connectivity index (χ0n) is 15.2. The summed E-state index contributed by atoms with van der Waals surface area (Å²) in [5.74, 6) is 5.43. The molecular formula is C21H18FN3OS. The molecule has 27 heavy (non-hydrogen) atoms. The fraction of sp³-hybridized carbons (Fsp3) is 0.238. The van der Waals surface area contributed by atoms with Crippen LogP contribution in [0, 0.1) is 23.1 Å². The SMILES string of the molecule is CC#Cc1cc(F)c2sc3ccc([C@]4(C)CC(=O)N(C)C(=N)N4)cc3c2c1. The highest BCUT2D eigenvalue weighted by Gasteiger charge is 2.38. The summed E-state index contributed by atoms with van der Waals surface area (Å²) in [4.78, 5) is 13.6. The van der Waals surface area contributed by atoms with Gasteiger partial charge in [-0.15, -0.1) is 17.3 Å². The fourth-order valence-electron chi connectivity index (χ4n) is 3.51. The van der Waals surface area contributed by atoms with Crippen LogP contribution in [-0.2, 0) is 10.3 Å². The van der Waals surface area contributed by atoms with E-state index in [1.807, 2.05) is 31.2 Å². The number of nitrogens with zero attached hydrogens (tertiary/aromatic N) is 1. The number of carbonyl (C=O) groups excluding carboxylic acids is 1. The van der Waals surface area contributed by atoms with E-state index < -0.39 is 5.54 Å². The molecule has 2 heterocycles. The first-order chi connectivity index (χ1) is 12.8. The Morgan fingerprint density at radius 2 is 2.07 bits per heavy atom. The lowest BCUT2D eigenvalue weighted by atomic mass is 9.86. The van der Waals surface area contributed by atoms with E-state index in [1.165, 1.54) is 22.3 Å². The van der Waals surface area contributed by atoms with Gasteiger partial charge >= 0.3 is 0 Å². The summed E-state index contributed by atoms with van der Waals surface area (Å²) in [7, 11) is 1.59.